The van der Waals surface area contributed by atoms with Gasteiger partial charge in [-0.3, -0.25) is 4.79 Å². The Morgan fingerprint density at radius 2 is 2.13 bits per heavy atom. The van der Waals surface area contributed by atoms with E-state index < -0.39 is 0 Å². The van der Waals surface area contributed by atoms with Gasteiger partial charge in [-0.2, -0.15) is 0 Å². The highest BCUT2D eigenvalue weighted by molar-refractivity contribution is 5.98. The van der Waals surface area contributed by atoms with E-state index in [1.54, 1.807) is 7.11 Å². The van der Waals surface area contributed by atoms with Gasteiger partial charge in [-0.05, 0) is 42.2 Å². The van der Waals surface area contributed by atoms with E-state index in [2.05, 4.69) is 4.98 Å². The molecule has 1 aromatic heterocycles. The highest BCUT2D eigenvalue weighted by Crippen LogP contribution is 2.37. The third-order valence-electron chi connectivity index (χ3n) is 5.32. The fourth-order valence-corrected chi connectivity index (χ4v) is 4.07. The average molecular weight is 311 g/mol. The normalized spacial score (nSPS) is 26.5. The zero-order chi connectivity index (χ0) is 16.0. The first-order valence-electron chi connectivity index (χ1n) is 8.16. The van der Waals surface area contributed by atoms with E-state index in [9.17, 15) is 4.79 Å². The number of nitrogens with zero attached hydrogens (tertiary/aromatic N) is 2. The number of hydrogen-bond acceptors (Lipinski definition) is 4. The molecule has 23 heavy (non-hydrogen) atoms. The maximum Gasteiger partial charge on any atom is 0.272 e. The molecule has 5 nitrogen and oxygen atoms in total. The van der Waals surface area contributed by atoms with Crippen molar-refractivity contribution in [2.24, 2.45) is 17.6 Å². The fraction of sp³-hybridized carbons (Fsp3) is 0.444. The van der Waals surface area contributed by atoms with Crippen LogP contribution < -0.4 is 10.5 Å². The summed E-state index contributed by atoms with van der Waals surface area (Å²) in [5.41, 5.74) is 6.62. The topological polar surface area (TPSA) is 68.5 Å². The van der Waals surface area contributed by atoms with Crippen LogP contribution in [0.25, 0.3) is 10.8 Å². The minimum Gasteiger partial charge on any atom is -0.481 e. The van der Waals surface area contributed by atoms with E-state index in [1.165, 1.54) is 0 Å². The first kappa shape index (κ1) is 14.5. The van der Waals surface area contributed by atoms with Crippen LogP contribution in [0.2, 0.25) is 0 Å². The van der Waals surface area contributed by atoms with Gasteiger partial charge in [0.1, 0.15) is 5.69 Å². The third-order valence-corrected chi connectivity index (χ3v) is 5.32. The van der Waals surface area contributed by atoms with Gasteiger partial charge in [0.25, 0.3) is 5.91 Å². The van der Waals surface area contributed by atoms with Crippen LogP contribution in [0.15, 0.2) is 30.3 Å². The van der Waals surface area contributed by atoms with Crippen molar-refractivity contribution in [3.63, 3.8) is 0 Å². The molecule has 0 radical (unpaired) electrons. The number of rotatable bonds is 2. The van der Waals surface area contributed by atoms with E-state index in [4.69, 9.17) is 10.5 Å². The lowest BCUT2D eigenvalue weighted by molar-refractivity contribution is 0.0773. The number of benzene rings is 1. The predicted octanol–water partition coefficient (Wildman–Crippen LogP) is 2.05. The quantitative estimate of drug-likeness (QED) is 0.921. The van der Waals surface area contributed by atoms with Crippen LogP contribution >= 0.6 is 0 Å². The van der Waals surface area contributed by atoms with E-state index in [-0.39, 0.29) is 11.9 Å². The highest BCUT2D eigenvalue weighted by Gasteiger charge is 2.42. The second kappa shape index (κ2) is 5.49. The molecule has 1 saturated heterocycles. The van der Waals surface area contributed by atoms with Crippen LogP contribution in [-0.4, -0.2) is 42.0 Å². The number of pyridine rings is 1. The van der Waals surface area contributed by atoms with Crippen molar-refractivity contribution in [3.05, 3.63) is 36.0 Å². The van der Waals surface area contributed by atoms with Gasteiger partial charge in [0.15, 0.2) is 0 Å². The Balaban J connectivity index is 1.65. The van der Waals surface area contributed by atoms with Crippen LogP contribution in [-0.2, 0) is 0 Å². The molecule has 2 fully saturated rings. The zero-order valence-electron chi connectivity index (χ0n) is 13.2. The van der Waals surface area contributed by atoms with Gasteiger partial charge in [-0.1, -0.05) is 18.2 Å². The van der Waals surface area contributed by atoms with E-state index in [1.807, 2.05) is 35.2 Å². The van der Waals surface area contributed by atoms with Crippen LogP contribution in [0.3, 0.4) is 0 Å². The zero-order valence-corrected chi connectivity index (χ0v) is 13.2. The van der Waals surface area contributed by atoms with Crippen molar-refractivity contribution in [2.45, 2.75) is 18.9 Å². The number of likely N-dealkylation sites (tertiary alicyclic amines) is 1. The molecule has 0 bridgehead atoms. The van der Waals surface area contributed by atoms with Crippen LogP contribution in [0, 0.1) is 11.8 Å². The minimum absolute atomic E-state index is 0.0179. The Hall–Kier alpha value is -2.14. The lowest BCUT2D eigenvalue weighted by Gasteiger charge is -2.19. The Morgan fingerprint density at radius 1 is 1.30 bits per heavy atom. The van der Waals surface area contributed by atoms with E-state index in [0.29, 0.717) is 23.4 Å². The maximum atomic E-state index is 12.9. The first-order chi connectivity index (χ1) is 11.2. The standard InChI is InChI=1S/C18H21N3O2/c1-23-17-13-5-3-2-4-11(13)8-16(20-17)18(22)21-9-12-6-7-15(19)14(12)10-21/h2-5,8,12,14-15H,6-7,9-10,19H2,1H3. The van der Waals surface area contributed by atoms with Gasteiger partial charge in [-0.15, -0.1) is 0 Å². The lowest BCUT2D eigenvalue weighted by atomic mass is 9.98. The number of carbonyl (C=O) groups is 1. The van der Waals surface area contributed by atoms with Crippen molar-refractivity contribution < 1.29 is 9.53 Å². The third kappa shape index (κ3) is 2.36. The van der Waals surface area contributed by atoms with E-state index in [0.717, 1.165) is 36.7 Å². The number of fused-ring (bicyclic) bond motifs is 2. The molecule has 1 aromatic carbocycles. The molecule has 4 rings (SSSR count). The molecule has 2 aromatic rings. The van der Waals surface area contributed by atoms with Gasteiger partial charge in [0.05, 0.1) is 7.11 Å². The number of carbonyl (C=O) groups excluding carboxylic acids is 1. The predicted molar refractivity (Wildman–Crippen MR) is 88.4 cm³/mol. The summed E-state index contributed by atoms with van der Waals surface area (Å²) in [6, 6.07) is 9.91. The Morgan fingerprint density at radius 3 is 2.91 bits per heavy atom. The second-order valence-corrected chi connectivity index (χ2v) is 6.61. The van der Waals surface area contributed by atoms with Crippen LogP contribution in [0.1, 0.15) is 23.3 Å². The average Bonchev–Trinajstić information content (AvgIpc) is 3.15. The smallest absolute Gasteiger partial charge is 0.272 e. The molecule has 2 aliphatic rings. The van der Waals surface area contributed by atoms with Crippen molar-refractivity contribution in [3.8, 4) is 5.88 Å². The molecule has 1 amide bonds. The molecule has 1 aliphatic carbocycles. The van der Waals surface area contributed by atoms with Crippen LogP contribution in [0.5, 0.6) is 5.88 Å². The van der Waals surface area contributed by atoms with Crippen molar-refractivity contribution >= 4 is 16.7 Å². The largest absolute Gasteiger partial charge is 0.481 e. The number of amides is 1. The summed E-state index contributed by atoms with van der Waals surface area (Å²) in [6.45, 7) is 1.55. The Bertz CT molecular complexity index is 761. The summed E-state index contributed by atoms with van der Waals surface area (Å²) in [4.78, 5) is 19.2. The summed E-state index contributed by atoms with van der Waals surface area (Å²) in [6.07, 6.45) is 2.21. The molecule has 2 N–H and O–H groups in total. The molecular weight excluding hydrogens is 290 g/mol. The summed E-state index contributed by atoms with van der Waals surface area (Å²) in [5.74, 6) is 1.48. The Labute approximate surface area is 135 Å². The summed E-state index contributed by atoms with van der Waals surface area (Å²) in [7, 11) is 1.59. The second-order valence-electron chi connectivity index (χ2n) is 6.61. The molecule has 5 heteroatoms. The fourth-order valence-electron chi connectivity index (χ4n) is 4.07. The summed E-state index contributed by atoms with van der Waals surface area (Å²) < 4.78 is 5.37. The summed E-state index contributed by atoms with van der Waals surface area (Å²) in [5, 5.41) is 1.89. The molecule has 3 atom stereocenters. The number of aromatic nitrogens is 1. The highest BCUT2D eigenvalue weighted by atomic mass is 16.5. The summed E-state index contributed by atoms with van der Waals surface area (Å²) >= 11 is 0. The van der Waals surface area contributed by atoms with Crippen LogP contribution in [0.4, 0.5) is 0 Å². The molecule has 2 heterocycles. The van der Waals surface area contributed by atoms with Crippen molar-refractivity contribution in [1.29, 1.82) is 0 Å². The van der Waals surface area contributed by atoms with Crippen molar-refractivity contribution in [1.82, 2.24) is 9.88 Å². The number of hydrogen-bond donors (Lipinski definition) is 1. The van der Waals surface area contributed by atoms with Gasteiger partial charge < -0.3 is 15.4 Å². The van der Waals surface area contributed by atoms with Gasteiger partial charge in [-0.25, -0.2) is 4.98 Å². The molecule has 120 valence electrons. The first-order valence-corrected chi connectivity index (χ1v) is 8.16. The SMILES string of the molecule is COc1nc(C(=O)N2CC3CCC(N)C3C2)cc2ccccc12. The lowest BCUT2D eigenvalue weighted by Crippen LogP contribution is -2.33. The maximum absolute atomic E-state index is 12.9. The molecule has 1 saturated carbocycles. The molecule has 1 aliphatic heterocycles. The monoisotopic (exact) mass is 311 g/mol. The number of methoxy groups -OCH3 is 1. The van der Waals surface area contributed by atoms with Crippen molar-refractivity contribution in [2.75, 3.05) is 20.2 Å². The van der Waals surface area contributed by atoms with Gasteiger partial charge in [0, 0.05) is 24.5 Å². The molecule has 3 unspecified atom stereocenters. The number of ether oxygens (including phenoxy) is 1. The molecule has 0 spiro atoms. The number of nitrogens with two attached hydrogens (primary N) is 1. The van der Waals surface area contributed by atoms with E-state index >= 15 is 0 Å². The Kier molecular flexibility index (Phi) is 3.45. The van der Waals surface area contributed by atoms with Gasteiger partial charge >= 0.3 is 0 Å². The molecular formula is C18H21N3O2. The van der Waals surface area contributed by atoms with Gasteiger partial charge in [0.2, 0.25) is 5.88 Å². The minimum atomic E-state index is -0.0179.